The molecule has 1 heterocycles. The van der Waals surface area contributed by atoms with Crippen LogP contribution in [0.2, 0.25) is 0 Å². The van der Waals surface area contributed by atoms with Gasteiger partial charge in [-0.25, -0.2) is 0 Å². The van der Waals surface area contributed by atoms with E-state index in [0.29, 0.717) is 6.04 Å². The van der Waals surface area contributed by atoms with Crippen LogP contribution in [0.5, 0.6) is 0 Å². The molecule has 1 aromatic carbocycles. The average Bonchev–Trinajstić information content (AvgIpc) is 2.32. The van der Waals surface area contributed by atoms with Crippen LogP contribution in [0.3, 0.4) is 0 Å². The highest BCUT2D eigenvalue weighted by Gasteiger charge is 2.20. The Kier molecular flexibility index (Phi) is 3.49. The van der Waals surface area contributed by atoms with E-state index in [0.717, 1.165) is 19.6 Å². The van der Waals surface area contributed by atoms with Gasteiger partial charge < -0.3 is 10.2 Å². The number of aryl methyl sites for hydroxylation is 2. The van der Waals surface area contributed by atoms with Gasteiger partial charge in [-0.05, 0) is 43.5 Å². The van der Waals surface area contributed by atoms with Crippen LogP contribution in [0.1, 0.15) is 24.5 Å². The lowest BCUT2D eigenvalue weighted by Gasteiger charge is -2.37. The largest absolute Gasteiger partial charge is 0.366 e. The van der Waals surface area contributed by atoms with Gasteiger partial charge in [-0.2, -0.15) is 0 Å². The lowest BCUT2D eigenvalue weighted by molar-refractivity contribution is 0.466. The third kappa shape index (κ3) is 2.22. The van der Waals surface area contributed by atoms with E-state index >= 15 is 0 Å². The van der Waals surface area contributed by atoms with Gasteiger partial charge in [0.2, 0.25) is 0 Å². The minimum Gasteiger partial charge on any atom is -0.366 e. The Morgan fingerprint density at radius 1 is 1.31 bits per heavy atom. The molecule has 0 aliphatic carbocycles. The number of nitrogens with one attached hydrogen (secondary N) is 1. The lowest BCUT2D eigenvalue weighted by Crippen LogP contribution is -2.51. The van der Waals surface area contributed by atoms with Crippen molar-refractivity contribution in [3.8, 4) is 0 Å². The van der Waals surface area contributed by atoms with E-state index in [1.807, 2.05) is 0 Å². The van der Waals surface area contributed by atoms with Crippen LogP contribution >= 0.6 is 0 Å². The van der Waals surface area contributed by atoms with Gasteiger partial charge in [0, 0.05) is 31.4 Å². The summed E-state index contributed by atoms with van der Waals surface area (Å²) < 4.78 is 0. The molecule has 0 bridgehead atoms. The van der Waals surface area contributed by atoms with Gasteiger partial charge in [-0.15, -0.1) is 0 Å². The lowest BCUT2D eigenvalue weighted by atomic mass is 10.1. The van der Waals surface area contributed by atoms with Crippen molar-refractivity contribution in [3.63, 3.8) is 0 Å². The fourth-order valence-electron chi connectivity index (χ4n) is 2.37. The van der Waals surface area contributed by atoms with Gasteiger partial charge in [-0.3, -0.25) is 0 Å². The molecule has 2 nitrogen and oxygen atoms in total. The monoisotopic (exact) mass is 218 g/mol. The molecule has 16 heavy (non-hydrogen) atoms. The van der Waals surface area contributed by atoms with E-state index in [2.05, 4.69) is 49.2 Å². The van der Waals surface area contributed by atoms with Gasteiger partial charge >= 0.3 is 0 Å². The maximum absolute atomic E-state index is 3.47. The maximum Gasteiger partial charge on any atom is 0.0412 e. The predicted molar refractivity (Wildman–Crippen MR) is 70.2 cm³/mol. The summed E-state index contributed by atoms with van der Waals surface area (Å²) in [4.78, 5) is 2.54. The highest BCUT2D eigenvalue weighted by atomic mass is 15.2. The summed E-state index contributed by atoms with van der Waals surface area (Å²) >= 11 is 0. The summed E-state index contributed by atoms with van der Waals surface area (Å²) in [6.45, 7) is 9.98. The summed E-state index contributed by atoms with van der Waals surface area (Å²) in [6, 6.07) is 7.47. The van der Waals surface area contributed by atoms with Crippen molar-refractivity contribution in [2.75, 3.05) is 24.5 Å². The van der Waals surface area contributed by atoms with Crippen molar-refractivity contribution in [1.29, 1.82) is 0 Å². The molecule has 1 aliphatic heterocycles. The second-order valence-electron chi connectivity index (χ2n) is 4.73. The molecule has 1 N–H and O–H groups in total. The minimum absolute atomic E-state index is 0.649. The van der Waals surface area contributed by atoms with Gasteiger partial charge in [-0.1, -0.05) is 13.0 Å². The van der Waals surface area contributed by atoms with E-state index in [1.54, 1.807) is 0 Å². The molecule has 0 aromatic heterocycles. The molecule has 1 atom stereocenters. The smallest absolute Gasteiger partial charge is 0.0412 e. The summed E-state index contributed by atoms with van der Waals surface area (Å²) in [7, 11) is 0. The second-order valence-corrected chi connectivity index (χ2v) is 4.73. The van der Waals surface area contributed by atoms with E-state index in [-0.39, 0.29) is 0 Å². The van der Waals surface area contributed by atoms with Crippen LogP contribution in [0.4, 0.5) is 5.69 Å². The van der Waals surface area contributed by atoms with Crippen LogP contribution in [0.25, 0.3) is 0 Å². The molecule has 0 spiro atoms. The molecule has 2 rings (SSSR count). The van der Waals surface area contributed by atoms with Gasteiger partial charge in [0.15, 0.2) is 0 Å². The third-order valence-corrected chi connectivity index (χ3v) is 3.64. The SMILES string of the molecule is CCC1CNCCN1c1ccc(C)c(C)c1. The zero-order valence-electron chi connectivity index (χ0n) is 10.6. The molecule has 88 valence electrons. The number of benzene rings is 1. The van der Waals surface area contributed by atoms with Crippen LogP contribution in [0, 0.1) is 13.8 Å². The number of piperazine rings is 1. The molecule has 0 radical (unpaired) electrons. The Bertz CT molecular complexity index is 360. The predicted octanol–water partition coefficient (Wildman–Crippen LogP) is 2.49. The van der Waals surface area contributed by atoms with E-state index < -0.39 is 0 Å². The molecule has 0 amide bonds. The second kappa shape index (κ2) is 4.88. The van der Waals surface area contributed by atoms with Crippen LogP contribution < -0.4 is 10.2 Å². The summed E-state index contributed by atoms with van der Waals surface area (Å²) in [6.07, 6.45) is 1.21. The fraction of sp³-hybridized carbons (Fsp3) is 0.571. The first-order valence-corrected chi connectivity index (χ1v) is 6.27. The number of anilines is 1. The molecule has 1 aromatic rings. The quantitative estimate of drug-likeness (QED) is 0.820. The first-order valence-electron chi connectivity index (χ1n) is 6.27. The summed E-state index contributed by atoms with van der Waals surface area (Å²) in [5, 5.41) is 3.47. The van der Waals surface area contributed by atoms with Crippen molar-refractivity contribution in [2.24, 2.45) is 0 Å². The standard InChI is InChI=1S/C14H22N2/c1-4-13-10-15-7-8-16(13)14-6-5-11(2)12(3)9-14/h5-6,9,13,15H,4,7-8,10H2,1-3H3. The third-order valence-electron chi connectivity index (χ3n) is 3.64. The van der Waals surface area contributed by atoms with Gasteiger partial charge in [0.05, 0.1) is 0 Å². The van der Waals surface area contributed by atoms with Gasteiger partial charge in [0.25, 0.3) is 0 Å². The molecule has 1 fully saturated rings. The van der Waals surface area contributed by atoms with Crippen LogP contribution in [-0.4, -0.2) is 25.7 Å². The number of nitrogens with zero attached hydrogens (tertiary/aromatic N) is 1. The van der Waals surface area contributed by atoms with E-state index in [9.17, 15) is 0 Å². The molecule has 1 unspecified atom stereocenters. The Labute approximate surface area is 98.7 Å². The average molecular weight is 218 g/mol. The van der Waals surface area contributed by atoms with Gasteiger partial charge in [0.1, 0.15) is 0 Å². The van der Waals surface area contributed by atoms with E-state index in [1.165, 1.54) is 23.2 Å². The van der Waals surface area contributed by atoms with Crippen molar-refractivity contribution in [1.82, 2.24) is 5.32 Å². The first kappa shape index (κ1) is 11.5. The van der Waals surface area contributed by atoms with Crippen molar-refractivity contribution in [2.45, 2.75) is 33.2 Å². The maximum atomic E-state index is 3.47. The number of hydrogen-bond acceptors (Lipinski definition) is 2. The zero-order chi connectivity index (χ0) is 11.5. The van der Waals surface area contributed by atoms with Crippen molar-refractivity contribution in [3.05, 3.63) is 29.3 Å². The molecule has 1 aliphatic rings. The molecule has 2 heteroatoms. The molecule has 0 saturated carbocycles. The zero-order valence-corrected chi connectivity index (χ0v) is 10.6. The highest BCUT2D eigenvalue weighted by molar-refractivity contribution is 5.52. The Morgan fingerprint density at radius 3 is 2.81 bits per heavy atom. The normalized spacial score (nSPS) is 21.2. The highest BCUT2D eigenvalue weighted by Crippen LogP contribution is 2.22. The first-order chi connectivity index (χ1) is 7.72. The molecular weight excluding hydrogens is 196 g/mol. The Balaban J connectivity index is 2.23. The molecule has 1 saturated heterocycles. The van der Waals surface area contributed by atoms with Crippen LogP contribution in [-0.2, 0) is 0 Å². The number of hydrogen-bond donors (Lipinski definition) is 1. The summed E-state index contributed by atoms with van der Waals surface area (Å²) in [5.74, 6) is 0. The molecular formula is C14H22N2. The fourth-order valence-corrected chi connectivity index (χ4v) is 2.37. The summed E-state index contributed by atoms with van der Waals surface area (Å²) in [5.41, 5.74) is 4.16. The Morgan fingerprint density at radius 2 is 2.12 bits per heavy atom. The van der Waals surface area contributed by atoms with Crippen molar-refractivity contribution >= 4 is 5.69 Å². The van der Waals surface area contributed by atoms with E-state index in [4.69, 9.17) is 0 Å². The Hall–Kier alpha value is -1.02. The van der Waals surface area contributed by atoms with Crippen LogP contribution in [0.15, 0.2) is 18.2 Å². The minimum atomic E-state index is 0.649. The topological polar surface area (TPSA) is 15.3 Å². The number of rotatable bonds is 2. The van der Waals surface area contributed by atoms with Crippen molar-refractivity contribution < 1.29 is 0 Å².